The first-order valence-electron chi connectivity index (χ1n) is 6.81. The summed E-state index contributed by atoms with van der Waals surface area (Å²) < 4.78 is 5.85. The zero-order valence-corrected chi connectivity index (χ0v) is 11.8. The highest BCUT2D eigenvalue weighted by Gasteiger charge is 2.26. The normalized spacial score (nSPS) is 19.6. The lowest BCUT2D eigenvalue weighted by Crippen LogP contribution is -2.45. The van der Waals surface area contributed by atoms with Gasteiger partial charge in [0.2, 0.25) is 11.8 Å². The summed E-state index contributed by atoms with van der Waals surface area (Å²) in [6, 6.07) is 1.76. The van der Waals surface area contributed by atoms with Crippen molar-refractivity contribution in [3.63, 3.8) is 0 Å². The van der Waals surface area contributed by atoms with Gasteiger partial charge in [0.25, 0.3) is 0 Å². The Kier molecular flexibility index (Phi) is 4.35. The SMILES string of the molecule is Cc1nccc(OC2CCCN(C(=O)C(C)C)C2)n1. The molecule has 1 aromatic rings. The van der Waals surface area contributed by atoms with E-state index in [9.17, 15) is 4.79 Å². The van der Waals surface area contributed by atoms with E-state index in [1.165, 1.54) is 0 Å². The van der Waals surface area contributed by atoms with E-state index >= 15 is 0 Å². The van der Waals surface area contributed by atoms with Gasteiger partial charge in [0.05, 0.1) is 6.54 Å². The second-order valence-electron chi connectivity index (χ2n) is 5.26. The molecule has 0 radical (unpaired) electrons. The largest absolute Gasteiger partial charge is 0.472 e. The molecule has 2 rings (SSSR count). The number of carbonyl (C=O) groups is 1. The van der Waals surface area contributed by atoms with Crippen molar-refractivity contribution in [2.45, 2.75) is 39.7 Å². The van der Waals surface area contributed by atoms with Crippen molar-refractivity contribution in [2.24, 2.45) is 5.92 Å². The van der Waals surface area contributed by atoms with E-state index in [0.29, 0.717) is 18.2 Å². The van der Waals surface area contributed by atoms with Gasteiger partial charge >= 0.3 is 0 Å². The molecule has 1 fully saturated rings. The van der Waals surface area contributed by atoms with Crippen LogP contribution < -0.4 is 4.74 Å². The van der Waals surface area contributed by atoms with Gasteiger partial charge in [0, 0.05) is 24.7 Å². The van der Waals surface area contributed by atoms with Gasteiger partial charge in [-0.2, -0.15) is 4.98 Å². The number of hydrogen-bond donors (Lipinski definition) is 0. The number of carbonyl (C=O) groups excluding carboxylic acids is 1. The van der Waals surface area contributed by atoms with Crippen LogP contribution in [0.4, 0.5) is 0 Å². The Morgan fingerprint density at radius 1 is 1.53 bits per heavy atom. The van der Waals surface area contributed by atoms with Crippen LogP contribution in [0, 0.1) is 12.8 Å². The Labute approximate surface area is 114 Å². The first kappa shape index (κ1) is 13.8. The third kappa shape index (κ3) is 3.66. The van der Waals surface area contributed by atoms with Crippen molar-refractivity contribution in [1.82, 2.24) is 14.9 Å². The van der Waals surface area contributed by atoms with Gasteiger partial charge in [0.1, 0.15) is 11.9 Å². The molecule has 0 aliphatic carbocycles. The maximum atomic E-state index is 12.0. The average Bonchev–Trinajstić information content (AvgIpc) is 2.38. The van der Waals surface area contributed by atoms with Gasteiger partial charge < -0.3 is 9.64 Å². The minimum Gasteiger partial charge on any atom is -0.472 e. The van der Waals surface area contributed by atoms with Crippen LogP contribution >= 0.6 is 0 Å². The molecule has 0 bridgehead atoms. The standard InChI is InChI=1S/C14H21N3O2/c1-10(2)14(18)17-8-4-5-12(9-17)19-13-6-7-15-11(3)16-13/h6-7,10,12H,4-5,8-9H2,1-3H3. The average molecular weight is 263 g/mol. The lowest BCUT2D eigenvalue weighted by Gasteiger charge is -2.33. The molecule has 19 heavy (non-hydrogen) atoms. The number of amides is 1. The van der Waals surface area contributed by atoms with Crippen LogP contribution in [0.25, 0.3) is 0 Å². The Morgan fingerprint density at radius 3 is 3.00 bits per heavy atom. The number of ether oxygens (including phenoxy) is 1. The van der Waals surface area contributed by atoms with Crippen molar-refractivity contribution in [3.05, 3.63) is 18.1 Å². The molecule has 1 aromatic heterocycles. The summed E-state index contributed by atoms with van der Waals surface area (Å²) in [6.45, 7) is 7.18. The van der Waals surface area contributed by atoms with Gasteiger partial charge in [-0.3, -0.25) is 4.79 Å². The molecule has 104 valence electrons. The van der Waals surface area contributed by atoms with Crippen LogP contribution in [0.1, 0.15) is 32.5 Å². The van der Waals surface area contributed by atoms with Crippen molar-refractivity contribution in [1.29, 1.82) is 0 Å². The first-order valence-corrected chi connectivity index (χ1v) is 6.81. The number of aryl methyl sites for hydroxylation is 1. The molecule has 5 heteroatoms. The van der Waals surface area contributed by atoms with E-state index in [2.05, 4.69) is 9.97 Å². The summed E-state index contributed by atoms with van der Waals surface area (Å²) in [5, 5.41) is 0. The van der Waals surface area contributed by atoms with Crippen LogP contribution in [0.3, 0.4) is 0 Å². The molecule has 1 unspecified atom stereocenters. The highest BCUT2D eigenvalue weighted by atomic mass is 16.5. The highest BCUT2D eigenvalue weighted by molar-refractivity contribution is 5.78. The van der Waals surface area contributed by atoms with Gasteiger partial charge in [-0.05, 0) is 19.8 Å². The Morgan fingerprint density at radius 2 is 2.32 bits per heavy atom. The predicted octanol–water partition coefficient (Wildman–Crippen LogP) is 1.81. The smallest absolute Gasteiger partial charge is 0.225 e. The summed E-state index contributed by atoms with van der Waals surface area (Å²) in [5.74, 6) is 1.53. The zero-order chi connectivity index (χ0) is 13.8. The Bertz CT molecular complexity index is 448. The summed E-state index contributed by atoms with van der Waals surface area (Å²) in [6.07, 6.45) is 3.67. The maximum Gasteiger partial charge on any atom is 0.225 e. The molecule has 0 saturated carbocycles. The van der Waals surface area contributed by atoms with Crippen molar-refractivity contribution in [2.75, 3.05) is 13.1 Å². The molecule has 1 atom stereocenters. The van der Waals surface area contributed by atoms with Gasteiger partial charge in [-0.1, -0.05) is 13.8 Å². The van der Waals surface area contributed by atoms with Crippen LogP contribution in [-0.2, 0) is 4.79 Å². The first-order chi connectivity index (χ1) is 9.06. The molecular formula is C14H21N3O2. The second-order valence-corrected chi connectivity index (χ2v) is 5.26. The maximum absolute atomic E-state index is 12.0. The summed E-state index contributed by atoms with van der Waals surface area (Å²) >= 11 is 0. The van der Waals surface area contributed by atoms with Gasteiger partial charge in [-0.25, -0.2) is 4.98 Å². The molecule has 1 aliphatic heterocycles. The lowest BCUT2D eigenvalue weighted by atomic mass is 10.1. The van der Waals surface area contributed by atoms with Crippen molar-refractivity contribution in [3.8, 4) is 5.88 Å². The molecule has 1 aliphatic rings. The van der Waals surface area contributed by atoms with Crippen molar-refractivity contribution >= 4 is 5.91 Å². The summed E-state index contributed by atoms with van der Waals surface area (Å²) in [7, 11) is 0. The third-order valence-corrected chi connectivity index (χ3v) is 3.22. The van der Waals surface area contributed by atoms with Crippen LogP contribution in [0.5, 0.6) is 5.88 Å². The van der Waals surface area contributed by atoms with Crippen LogP contribution in [-0.4, -0.2) is 40.0 Å². The molecule has 2 heterocycles. The quantitative estimate of drug-likeness (QED) is 0.834. The highest BCUT2D eigenvalue weighted by Crippen LogP contribution is 2.18. The van der Waals surface area contributed by atoms with E-state index in [-0.39, 0.29) is 17.9 Å². The minimum absolute atomic E-state index is 0.0331. The Hall–Kier alpha value is -1.65. The van der Waals surface area contributed by atoms with Gasteiger partial charge in [-0.15, -0.1) is 0 Å². The van der Waals surface area contributed by atoms with E-state index < -0.39 is 0 Å². The third-order valence-electron chi connectivity index (χ3n) is 3.22. The van der Waals surface area contributed by atoms with E-state index in [0.717, 1.165) is 19.4 Å². The predicted molar refractivity (Wildman–Crippen MR) is 71.8 cm³/mol. The number of nitrogens with zero attached hydrogens (tertiary/aromatic N) is 3. The number of aromatic nitrogens is 2. The number of piperidine rings is 1. The molecule has 0 spiro atoms. The molecular weight excluding hydrogens is 242 g/mol. The lowest BCUT2D eigenvalue weighted by molar-refractivity contribution is -0.137. The van der Waals surface area contributed by atoms with E-state index in [1.807, 2.05) is 25.7 Å². The van der Waals surface area contributed by atoms with Crippen molar-refractivity contribution < 1.29 is 9.53 Å². The fraction of sp³-hybridized carbons (Fsp3) is 0.643. The van der Waals surface area contributed by atoms with Crippen LogP contribution in [0.2, 0.25) is 0 Å². The molecule has 0 N–H and O–H groups in total. The van der Waals surface area contributed by atoms with E-state index in [1.54, 1.807) is 12.3 Å². The fourth-order valence-corrected chi connectivity index (χ4v) is 2.27. The number of hydrogen-bond acceptors (Lipinski definition) is 4. The topological polar surface area (TPSA) is 55.3 Å². The summed E-state index contributed by atoms with van der Waals surface area (Å²) in [5.41, 5.74) is 0. The number of rotatable bonds is 3. The molecule has 1 saturated heterocycles. The molecule has 0 aromatic carbocycles. The summed E-state index contributed by atoms with van der Waals surface area (Å²) in [4.78, 5) is 22.2. The molecule has 5 nitrogen and oxygen atoms in total. The van der Waals surface area contributed by atoms with E-state index in [4.69, 9.17) is 4.74 Å². The second kappa shape index (κ2) is 5.99. The Balaban J connectivity index is 1.96. The fourth-order valence-electron chi connectivity index (χ4n) is 2.27. The minimum atomic E-state index is 0.0331. The zero-order valence-electron chi connectivity index (χ0n) is 11.8. The molecule has 1 amide bonds. The van der Waals surface area contributed by atoms with Crippen LogP contribution in [0.15, 0.2) is 12.3 Å². The number of likely N-dealkylation sites (tertiary alicyclic amines) is 1. The monoisotopic (exact) mass is 263 g/mol. The van der Waals surface area contributed by atoms with Gasteiger partial charge in [0.15, 0.2) is 0 Å².